The highest BCUT2D eigenvalue weighted by Crippen LogP contribution is 2.19. The Labute approximate surface area is 121 Å². The number of rotatable bonds is 4. The van der Waals surface area contributed by atoms with E-state index in [1.54, 1.807) is 17.1 Å². The molecule has 0 aromatic carbocycles. The summed E-state index contributed by atoms with van der Waals surface area (Å²) in [5.74, 6) is 0. The van der Waals surface area contributed by atoms with E-state index in [4.69, 9.17) is 4.74 Å². The molecular weight excluding hydrogens is 274 g/mol. The molecule has 1 aliphatic heterocycles. The fourth-order valence-electron chi connectivity index (χ4n) is 2.36. The molecule has 0 spiro atoms. The first-order valence-corrected chi connectivity index (χ1v) is 7.74. The summed E-state index contributed by atoms with van der Waals surface area (Å²) >= 11 is 1.18. The van der Waals surface area contributed by atoms with Crippen LogP contribution in [0.15, 0.2) is 29.3 Å². The molecule has 1 saturated heterocycles. The first-order valence-electron chi connectivity index (χ1n) is 6.93. The van der Waals surface area contributed by atoms with E-state index in [9.17, 15) is 4.79 Å². The van der Waals surface area contributed by atoms with Crippen LogP contribution >= 0.6 is 11.3 Å². The fraction of sp³-hybridized carbons (Fsp3) is 0.500. The molecule has 1 fully saturated rings. The second-order valence-electron chi connectivity index (χ2n) is 4.91. The van der Waals surface area contributed by atoms with Gasteiger partial charge in [0, 0.05) is 31.1 Å². The molecule has 0 aliphatic carbocycles. The smallest absolute Gasteiger partial charge is 0.325 e. The highest BCUT2D eigenvalue weighted by Gasteiger charge is 2.15. The number of nitrogens with zero attached hydrogens (tertiary/aromatic N) is 3. The Morgan fingerprint density at radius 1 is 1.35 bits per heavy atom. The van der Waals surface area contributed by atoms with Gasteiger partial charge in [-0.05, 0) is 37.8 Å². The Hall–Kier alpha value is -1.53. The van der Waals surface area contributed by atoms with Gasteiger partial charge in [0.05, 0.1) is 6.10 Å². The van der Waals surface area contributed by atoms with E-state index in [0.29, 0.717) is 6.54 Å². The maximum absolute atomic E-state index is 11.9. The lowest BCUT2D eigenvalue weighted by atomic mass is 10.1. The largest absolute Gasteiger partial charge is 0.378 e. The highest BCUT2D eigenvalue weighted by atomic mass is 32.1. The van der Waals surface area contributed by atoms with Crippen molar-refractivity contribution in [2.75, 3.05) is 6.61 Å². The number of aryl methyl sites for hydroxylation is 1. The Balaban J connectivity index is 1.68. The van der Waals surface area contributed by atoms with Crippen molar-refractivity contribution in [3.63, 3.8) is 0 Å². The first kappa shape index (κ1) is 13.5. The van der Waals surface area contributed by atoms with E-state index in [1.807, 2.05) is 12.1 Å². The summed E-state index contributed by atoms with van der Waals surface area (Å²) in [6, 6.07) is 3.74. The maximum atomic E-state index is 11.9. The van der Waals surface area contributed by atoms with Gasteiger partial charge in [0.15, 0.2) is 0 Å². The molecular formula is C14H17N3O2S. The topological polar surface area (TPSA) is 57.0 Å². The quantitative estimate of drug-likeness (QED) is 0.867. The van der Waals surface area contributed by atoms with Crippen LogP contribution in [-0.2, 0) is 11.3 Å². The first-order chi connectivity index (χ1) is 9.83. The number of pyridine rings is 1. The second kappa shape index (κ2) is 6.28. The molecule has 2 aromatic rings. The summed E-state index contributed by atoms with van der Waals surface area (Å²) in [6.45, 7) is 1.48. The SMILES string of the molecule is O=c1sc(-c2ccncc2)nn1CCC1CCCCO1. The van der Waals surface area contributed by atoms with E-state index >= 15 is 0 Å². The number of ether oxygens (including phenoxy) is 1. The van der Waals surface area contributed by atoms with Crippen LogP contribution in [0, 0.1) is 0 Å². The Kier molecular flexibility index (Phi) is 4.22. The van der Waals surface area contributed by atoms with E-state index in [-0.39, 0.29) is 11.0 Å². The van der Waals surface area contributed by atoms with Gasteiger partial charge in [-0.1, -0.05) is 11.3 Å². The van der Waals surface area contributed by atoms with Crippen molar-refractivity contribution >= 4 is 11.3 Å². The van der Waals surface area contributed by atoms with E-state index in [2.05, 4.69) is 10.1 Å². The molecule has 0 radical (unpaired) electrons. The Morgan fingerprint density at radius 2 is 2.20 bits per heavy atom. The molecule has 1 aliphatic rings. The van der Waals surface area contributed by atoms with Crippen LogP contribution in [0.5, 0.6) is 0 Å². The van der Waals surface area contributed by atoms with Gasteiger partial charge in [-0.25, -0.2) is 4.68 Å². The molecule has 20 heavy (non-hydrogen) atoms. The van der Waals surface area contributed by atoms with Crippen LogP contribution in [0.4, 0.5) is 0 Å². The molecule has 0 N–H and O–H groups in total. The van der Waals surface area contributed by atoms with Crippen LogP contribution in [0.3, 0.4) is 0 Å². The lowest BCUT2D eigenvalue weighted by Gasteiger charge is -2.22. The van der Waals surface area contributed by atoms with Crippen LogP contribution in [0.25, 0.3) is 10.6 Å². The fourth-order valence-corrected chi connectivity index (χ4v) is 3.16. The molecule has 1 atom stereocenters. The summed E-state index contributed by atoms with van der Waals surface area (Å²) < 4.78 is 7.24. The normalized spacial score (nSPS) is 19.1. The van der Waals surface area contributed by atoms with Crippen molar-refractivity contribution in [1.29, 1.82) is 0 Å². The van der Waals surface area contributed by atoms with Gasteiger partial charge in [0.1, 0.15) is 5.01 Å². The summed E-state index contributed by atoms with van der Waals surface area (Å²) in [5, 5.41) is 5.16. The van der Waals surface area contributed by atoms with Gasteiger partial charge in [0.25, 0.3) is 0 Å². The molecule has 0 saturated carbocycles. The van der Waals surface area contributed by atoms with Crippen molar-refractivity contribution in [1.82, 2.24) is 14.8 Å². The minimum Gasteiger partial charge on any atom is -0.378 e. The van der Waals surface area contributed by atoms with E-state index in [0.717, 1.165) is 36.4 Å². The average Bonchev–Trinajstić information content (AvgIpc) is 2.88. The van der Waals surface area contributed by atoms with Crippen LogP contribution in [-0.4, -0.2) is 27.5 Å². The molecule has 0 amide bonds. The zero-order chi connectivity index (χ0) is 13.8. The highest BCUT2D eigenvalue weighted by molar-refractivity contribution is 7.12. The summed E-state index contributed by atoms with van der Waals surface area (Å²) in [4.78, 5) is 15.9. The van der Waals surface area contributed by atoms with Crippen molar-refractivity contribution in [2.24, 2.45) is 0 Å². The van der Waals surface area contributed by atoms with Crippen LogP contribution < -0.4 is 4.87 Å². The van der Waals surface area contributed by atoms with Gasteiger partial charge < -0.3 is 4.74 Å². The predicted octanol–water partition coefficient (Wildman–Crippen LogP) is 2.33. The number of hydrogen-bond donors (Lipinski definition) is 0. The summed E-state index contributed by atoms with van der Waals surface area (Å²) in [5.41, 5.74) is 0.940. The molecule has 0 bridgehead atoms. The van der Waals surface area contributed by atoms with Crippen molar-refractivity contribution < 1.29 is 4.74 Å². The van der Waals surface area contributed by atoms with Gasteiger partial charge in [-0.15, -0.1) is 0 Å². The predicted molar refractivity (Wildman–Crippen MR) is 77.8 cm³/mol. The van der Waals surface area contributed by atoms with Gasteiger partial charge in [-0.2, -0.15) is 5.10 Å². The zero-order valence-electron chi connectivity index (χ0n) is 11.2. The minimum absolute atomic E-state index is 0.00683. The van der Waals surface area contributed by atoms with Crippen molar-refractivity contribution in [3.05, 3.63) is 34.2 Å². The van der Waals surface area contributed by atoms with Crippen molar-refractivity contribution in [2.45, 2.75) is 38.3 Å². The van der Waals surface area contributed by atoms with Gasteiger partial charge in [0.2, 0.25) is 0 Å². The maximum Gasteiger partial charge on any atom is 0.325 e. The summed E-state index contributed by atoms with van der Waals surface area (Å²) in [7, 11) is 0. The molecule has 3 rings (SSSR count). The third-order valence-electron chi connectivity index (χ3n) is 3.47. The Morgan fingerprint density at radius 3 is 2.95 bits per heavy atom. The lowest BCUT2D eigenvalue weighted by Crippen LogP contribution is -2.23. The molecule has 2 aromatic heterocycles. The number of hydrogen-bond acceptors (Lipinski definition) is 5. The molecule has 1 unspecified atom stereocenters. The summed E-state index contributed by atoms with van der Waals surface area (Å²) in [6.07, 6.45) is 8.03. The lowest BCUT2D eigenvalue weighted by molar-refractivity contribution is 0.00817. The Bertz CT molecular complexity index is 602. The van der Waals surface area contributed by atoms with Crippen LogP contribution in [0.1, 0.15) is 25.7 Å². The number of aromatic nitrogens is 3. The van der Waals surface area contributed by atoms with E-state index in [1.165, 1.54) is 17.8 Å². The van der Waals surface area contributed by atoms with Crippen molar-refractivity contribution in [3.8, 4) is 10.6 Å². The third-order valence-corrected chi connectivity index (χ3v) is 4.37. The molecule has 3 heterocycles. The van der Waals surface area contributed by atoms with Gasteiger partial charge in [-0.3, -0.25) is 9.78 Å². The second-order valence-corrected chi connectivity index (χ2v) is 5.85. The van der Waals surface area contributed by atoms with Gasteiger partial charge >= 0.3 is 4.87 Å². The van der Waals surface area contributed by atoms with Crippen LogP contribution in [0.2, 0.25) is 0 Å². The average molecular weight is 291 g/mol. The third kappa shape index (κ3) is 3.13. The zero-order valence-corrected chi connectivity index (χ0v) is 12.0. The standard InChI is InChI=1S/C14H17N3O2S/c18-14-17(9-6-12-3-1-2-10-19-12)16-13(20-14)11-4-7-15-8-5-11/h4-5,7-8,12H,1-3,6,9-10H2. The monoisotopic (exact) mass is 291 g/mol. The molecule has 6 heteroatoms. The molecule has 5 nitrogen and oxygen atoms in total. The molecule has 106 valence electrons. The van der Waals surface area contributed by atoms with E-state index < -0.39 is 0 Å². The minimum atomic E-state index is -0.00683.